The minimum absolute atomic E-state index is 1.14. The Bertz CT molecular complexity index is 111. The minimum atomic E-state index is 1.14. The molecule has 0 atom stereocenters. The first kappa shape index (κ1) is 17.0. The van der Waals surface area contributed by atoms with E-state index in [0.29, 0.717) is 0 Å². The lowest BCUT2D eigenvalue weighted by molar-refractivity contribution is 0.196. The van der Waals surface area contributed by atoms with Gasteiger partial charge in [-0.25, -0.2) is 0 Å². The highest BCUT2D eigenvalue weighted by molar-refractivity contribution is 4.76. The van der Waals surface area contributed by atoms with E-state index < -0.39 is 0 Å². The van der Waals surface area contributed by atoms with Gasteiger partial charge < -0.3 is 0 Å². The second kappa shape index (κ2) is 12.5. The third-order valence-electron chi connectivity index (χ3n) is 3.97. The first-order valence-corrected chi connectivity index (χ1v) is 8.38. The fourth-order valence-electron chi connectivity index (χ4n) is 3.21. The van der Waals surface area contributed by atoms with E-state index in [2.05, 4.69) is 13.8 Å². The molecule has 0 aliphatic heterocycles. The van der Waals surface area contributed by atoms with E-state index in [1.165, 1.54) is 44.9 Å². The number of rotatable bonds is 1. The molecule has 0 nitrogen and oxygen atoms in total. The Hall–Kier alpha value is 0. The van der Waals surface area contributed by atoms with Gasteiger partial charge in [0.25, 0.3) is 0 Å². The first-order chi connectivity index (χ1) is 8.38. The van der Waals surface area contributed by atoms with E-state index in [1.54, 1.807) is 25.7 Å². The van der Waals surface area contributed by atoms with Gasteiger partial charge in [0.1, 0.15) is 0 Å². The largest absolute Gasteiger partial charge is 0.0683 e. The van der Waals surface area contributed by atoms with Crippen molar-refractivity contribution in [3.8, 4) is 0 Å². The van der Waals surface area contributed by atoms with Crippen molar-refractivity contribution in [3.63, 3.8) is 0 Å². The molecule has 2 aliphatic rings. The smallest absolute Gasteiger partial charge is 0.0386 e. The van der Waals surface area contributed by atoms with Crippen LogP contribution in [0, 0.1) is 11.8 Å². The summed E-state index contributed by atoms with van der Waals surface area (Å²) in [5.41, 5.74) is 0. The van der Waals surface area contributed by atoms with Crippen molar-refractivity contribution >= 4 is 0 Å². The second-order valence-corrected chi connectivity index (χ2v) is 5.50. The summed E-state index contributed by atoms with van der Waals surface area (Å²) in [6, 6.07) is 0. The van der Waals surface area contributed by atoms with Crippen LogP contribution in [0.2, 0.25) is 0 Å². The van der Waals surface area contributed by atoms with Crippen molar-refractivity contribution in [3.05, 3.63) is 0 Å². The zero-order valence-electron chi connectivity index (χ0n) is 12.9. The molecule has 2 saturated carbocycles. The van der Waals surface area contributed by atoms with Crippen LogP contribution in [0.15, 0.2) is 0 Å². The van der Waals surface area contributed by atoms with Crippen molar-refractivity contribution in [1.29, 1.82) is 0 Å². The fourth-order valence-corrected chi connectivity index (χ4v) is 3.21. The van der Waals surface area contributed by atoms with Crippen LogP contribution in [0.5, 0.6) is 0 Å². The van der Waals surface area contributed by atoms with Crippen LogP contribution >= 0.6 is 0 Å². The Morgan fingerprint density at radius 1 is 0.588 bits per heavy atom. The molecule has 0 unspecified atom stereocenters. The summed E-state index contributed by atoms with van der Waals surface area (Å²) >= 11 is 0. The van der Waals surface area contributed by atoms with Gasteiger partial charge in [-0.2, -0.15) is 0 Å². The van der Waals surface area contributed by atoms with E-state index in [9.17, 15) is 0 Å². The topological polar surface area (TPSA) is 0 Å². The summed E-state index contributed by atoms with van der Waals surface area (Å²) in [4.78, 5) is 0. The van der Waals surface area contributed by atoms with Gasteiger partial charge in [-0.1, -0.05) is 98.3 Å². The van der Waals surface area contributed by atoms with Crippen LogP contribution in [0.4, 0.5) is 0 Å². The highest BCUT2D eigenvalue weighted by atomic mass is 14.3. The van der Waals surface area contributed by atoms with Crippen molar-refractivity contribution in [1.82, 2.24) is 0 Å². The monoisotopic (exact) mass is 240 g/mol. The summed E-state index contributed by atoms with van der Waals surface area (Å²) in [6.45, 7) is 8.25. The van der Waals surface area contributed by atoms with Gasteiger partial charge in [0.15, 0.2) is 0 Å². The third-order valence-corrected chi connectivity index (χ3v) is 3.97. The van der Waals surface area contributed by atoms with E-state index in [1.807, 2.05) is 13.8 Å². The van der Waals surface area contributed by atoms with Gasteiger partial charge in [-0.05, 0) is 11.8 Å². The molecule has 0 bridgehead atoms. The Balaban J connectivity index is 0.000000450. The molecule has 0 amide bonds. The normalized spacial score (nSPS) is 21.9. The average molecular weight is 240 g/mol. The maximum atomic E-state index is 2.12. The summed E-state index contributed by atoms with van der Waals surface area (Å²) in [7, 11) is 0. The van der Waals surface area contributed by atoms with Gasteiger partial charge in [0.05, 0.1) is 0 Å². The molecule has 0 aromatic carbocycles. The predicted molar refractivity (Wildman–Crippen MR) is 80.5 cm³/mol. The summed E-state index contributed by atoms with van der Waals surface area (Å²) in [6.07, 6.45) is 16.6. The molecule has 104 valence electrons. The van der Waals surface area contributed by atoms with E-state index in [4.69, 9.17) is 0 Å². The zero-order valence-corrected chi connectivity index (χ0v) is 12.9. The van der Waals surface area contributed by atoms with Gasteiger partial charge >= 0.3 is 0 Å². The van der Waals surface area contributed by atoms with Gasteiger partial charge in [-0.15, -0.1) is 0 Å². The van der Waals surface area contributed by atoms with E-state index in [-0.39, 0.29) is 0 Å². The van der Waals surface area contributed by atoms with Crippen LogP contribution < -0.4 is 0 Å². The standard InChI is InChI=1S/C12H22.C3H8.C2H6/c1-3-7-11(8-4-1)12-9-5-2-6-10-12;1-3-2;1-2/h11-12H,1-10H2;3H2,1-2H3;1-2H3. The molecule has 2 aliphatic carbocycles. The molecule has 0 heterocycles. The van der Waals surface area contributed by atoms with Crippen LogP contribution in [0.1, 0.15) is 98.3 Å². The quantitative estimate of drug-likeness (QED) is 0.485. The maximum absolute atomic E-state index is 2.12. The van der Waals surface area contributed by atoms with E-state index >= 15 is 0 Å². The zero-order chi connectivity index (χ0) is 12.9. The Morgan fingerprint density at radius 3 is 1.06 bits per heavy atom. The molecular formula is C17H36. The molecule has 17 heavy (non-hydrogen) atoms. The average Bonchev–Trinajstić information content (AvgIpc) is 2.44. The molecule has 0 radical (unpaired) electrons. The molecular weight excluding hydrogens is 204 g/mol. The van der Waals surface area contributed by atoms with Crippen molar-refractivity contribution in [2.24, 2.45) is 11.8 Å². The highest BCUT2D eigenvalue weighted by Crippen LogP contribution is 2.37. The lowest BCUT2D eigenvalue weighted by Gasteiger charge is -2.32. The molecule has 0 saturated heterocycles. The maximum Gasteiger partial charge on any atom is -0.0386 e. The van der Waals surface area contributed by atoms with Crippen LogP contribution in [0.3, 0.4) is 0 Å². The first-order valence-electron chi connectivity index (χ1n) is 8.38. The van der Waals surface area contributed by atoms with Crippen molar-refractivity contribution in [2.75, 3.05) is 0 Å². The van der Waals surface area contributed by atoms with E-state index in [0.717, 1.165) is 11.8 Å². The van der Waals surface area contributed by atoms with Gasteiger partial charge in [0, 0.05) is 0 Å². The Labute approximate surface area is 111 Å². The Kier molecular flexibility index (Phi) is 12.5. The second-order valence-electron chi connectivity index (χ2n) is 5.50. The molecule has 0 heteroatoms. The van der Waals surface area contributed by atoms with Crippen molar-refractivity contribution < 1.29 is 0 Å². The highest BCUT2D eigenvalue weighted by Gasteiger charge is 2.24. The van der Waals surface area contributed by atoms with Gasteiger partial charge in [-0.3, -0.25) is 0 Å². The summed E-state index contributed by atoms with van der Waals surface area (Å²) < 4.78 is 0. The Morgan fingerprint density at radius 2 is 0.824 bits per heavy atom. The molecule has 0 N–H and O–H groups in total. The minimum Gasteiger partial charge on any atom is -0.0683 e. The van der Waals surface area contributed by atoms with Gasteiger partial charge in [0.2, 0.25) is 0 Å². The third kappa shape index (κ3) is 7.84. The summed E-state index contributed by atoms with van der Waals surface area (Å²) in [5.74, 6) is 2.28. The molecule has 0 spiro atoms. The molecule has 0 aromatic heterocycles. The molecule has 2 fully saturated rings. The SMILES string of the molecule is C1CCC(C2CCCCC2)CC1.CC.CCC. The van der Waals surface area contributed by atoms with Crippen molar-refractivity contribution in [2.45, 2.75) is 98.3 Å². The van der Waals surface area contributed by atoms with Crippen LogP contribution in [-0.4, -0.2) is 0 Å². The summed E-state index contributed by atoms with van der Waals surface area (Å²) in [5, 5.41) is 0. The fraction of sp³-hybridized carbons (Fsp3) is 1.00. The van der Waals surface area contributed by atoms with Crippen LogP contribution in [0.25, 0.3) is 0 Å². The lowest BCUT2D eigenvalue weighted by Crippen LogP contribution is -2.20. The number of hydrogen-bond acceptors (Lipinski definition) is 0. The number of hydrogen-bond donors (Lipinski definition) is 0. The lowest BCUT2D eigenvalue weighted by atomic mass is 9.73. The molecule has 2 rings (SSSR count). The molecule has 0 aromatic rings. The van der Waals surface area contributed by atoms with Crippen LogP contribution in [-0.2, 0) is 0 Å². The predicted octanol–water partition coefficient (Wildman–Crippen LogP) is 6.59.